The molecule has 0 bridgehead atoms. The van der Waals surface area contributed by atoms with E-state index >= 15 is 0 Å². The molecule has 0 saturated heterocycles. The first-order valence-corrected chi connectivity index (χ1v) is 10.0. The maximum absolute atomic E-state index is 12.1. The van der Waals surface area contributed by atoms with Crippen molar-refractivity contribution in [3.05, 3.63) is 107 Å². The van der Waals surface area contributed by atoms with Crippen LogP contribution in [0.3, 0.4) is 0 Å². The van der Waals surface area contributed by atoms with E-state index < -0.39 is 5.97 Å². The third-order valence-electron chi connectivity index (χ3n) is 4.55. The van der Waals surface area contributed by atoms with Crippen LogP contribution in [0.4, 0.5) is 0 Å². The number of hydrogen-bond donors (Lipinski definition) is 0. The summed E-state index contributed by atoms with van der Waals surface area (Å²) in [6, 6.07) is 24.9. The van der Waals surface area contributed by atoms with Crippen LogP contribution in [0.1, 0.15) is 22.3 Å². The van der Waals surface area contributed by atoms with Crippen molar-refractivity contribution in [2.75, 3.05) is 14.2 Å². The Balaban J connectivity index is 1.62. The zero-order chi connectivity index (χ0) is 22.6. The van der Waals surface area contributed by atoms with Gasteiger partial charge in [0.25, 0.3) is 0 Å². The van der Waals surface area contributed by atoms with Crippen molar-refractivity contribution in [1.29, 1.82) is 0 Å². The van der Waals surface area contributed by atoms with Gasteiger partial charge in [-0.3, -0.25) is 0 Å². The van der Waals surface area contributed by atoms with Gasteiger partial charge < -0.3 is 19.0 Å². The number of esters is 1. The van der Waals surface area contributed by atoms with Gasteiger partial charge in [-0.1, -0.05) is 71.9 Å². The summed E-state index contributed by atoms with van der Waals surface area (Å²) in [5.41, 5.74) is 3.69. The van der Waals surface area contributed by atoms with E-state index in [0.29, 0.717) is 17.7 Å². The average Bonchev–Trinajstić information content (AvgIpc) is 2.85. The number of hydrogen-bond acceptors (Lipinski definition) is 6. The van der Waals surface area contributed by atoms with Crippen LogP contribution in [-0.2, 0) is 32.3 Å². The number of nitrogens with zero attached hydrogens (tertiary/aromatic N) is 1. The Kier molecular flexibility index (Phi) is 8.45. The first kappa shape index (κ1) is 22.6. The zero-order valence-electron chi connectivity index (χ0n) is 18.1. The molecule has 164 valence electrons. The summed E-state index contributed by atoms with van der Waals surface area (Å²) in [7, 11) is 2.80. The lowest BCUT2D eigenvalue weighted by Crippen LogP contribution is -2.07. The molecule has 0 aliphatic rings. The van der Waals surface area contributed by atoms with Gasteiger partial charge in [-0.05, 0) is 28.8 Å². The highest BCUT2D eigenvalue weighted by atomic mass is 16.6. The van der Waals surface area contributed by atoms with Crippen LogP contribution in [0.15, 0.2) is 90.3 Å². The molecule has 3 aromatic rings. The van der Waals surface area contributed by atoms with Gasteiger partial charge in [0.1, 0.15) is 24.5 Å². The van der Waals surface area contributed by atoms with Crippen molar-refractivity contribution in [3.63, 3.8) is 0 Å². The van der Waals surface area contributed by atoms with Crippen LogP contribution in [0.25, 0.3) is 5.57 Å². The summed E-state index contributed by atoms with van der Waals surface area (Å²) < 4.78 is 15.7. The summed E-state index contributed by atoms with van der Waals surface area (Å²) in [4.78, 5) is 17.6. The zero-order valence-corrected chi connectivity index (χ0v) is 18.1. The quantitative estimate of drug-likeness (QED) is 0.149. The molecule has 0 radical (unpaired) electrons. The van der Waals surface area contributed by atoms with Crippen LogP contribution in [0.2, 0.25) is 0 Å². The van der Waals surface area contributed by atoms with Gasteiger partial charge in [0.2, 0.25) is 0 Å². The number of ether oxygens (including phenoxy) is 3. The van der Waals surface area contributed by atoms with Crippen molar-refractivity contribution in [2.45, 2.75) is 13.2 Å². The molecular formula is C26H25NO5. The molecule has 0 fully saturated rings. The smallest absolute Gasteiger partial charge is 0.341 e. The first-order valence-electron chi connectivity index (χ1n) is 10.0. The van der Waals surface area contributed by atoms with Crippen LogP contribution in [0.5, 0.6) is 5.75 Å². The standard InChI is InChI=1S/C26H25NO5/c1-29-19-25(26(28)30-2)24-14-7-6-12-22(24)18-32-27-16-21-11-8-13-23(15-21)31-17-20-9-4-3-5-10-20/h3-16,19H,17-18H2,1-2H3. The minimum Gasteiger partial charge on any atom is -0.503 e. The Morgan fingerprint density at radius 3 is 2.47 bits per heavy atom. The van der Waals surface area contributed by atoms with Gasteiger partial charge in [-0.2, -0.15) is 0 Å². The minimum atomic E-state index is -0.491. The van der Waals surface area contributed by atoms with Gasteiger partial charge >= 0.3 is 5.97 Å². The van der Waals surface area contributed by atoms with Gasteiger partial charge in [0, 0.05) is 5.56 Å². The molecule has 0 saturated carbocycles. The largest absolute Gasteiger partial charge is 0.503 e. The molecule has 6 nitrogen and oxygen atoms in total. The first-order chi connectivity index (χ1) is 15.7. The fraction of sp³-hybridized carbons (Fsp3) is 0.154. The number of methoxy groups -OCH3 is 2. The van der Waals surface area contributed by atoms with Gasteiger partial charge in [0.15, 0.2) is 0 Å². The second-order valence-electron chi connectivity index (χ2n) is 6.77. The molecule has 0 aliphatic heterocycles. The van der Waals surface area contributed by atoms with E-state index in [0.717, 1.165) is 22.4 Å². The Morgan fingerprint density at radius 2 is 1.69 bits per heavy atom. The molecule has 0 aromatic heterocycles. The van der Waals surface area contributed by atoms with Crippen LogP contribution >= 0.6 is 0 Å². The van der Waals surface area contributed by atoms with Gasteiger partial charge in [-0.25, -0.2) is 4.79 Å². The second-order valence-corrected chi connectivity index (χ2v) is 6.77. The Bertz CT molecular complexity index is 1080. The highest BCUT2D eigenvalue weighted by Gasteiger charge is 2.16. The third kappa shape index (κ3) is 6.47. The lowest BCUT2D eigenvalue weighted by atomic mass is 10.0. The molecule has 6 heteroatoms. The summed E-state index contributed by atoms with van der Waals surface area (Å²) in [5.74, 6) is 0.255. The molecule has 3 aromatic carbocycles. The highest BCUT2D eigenvalue weighted by Crippen LogP contribution is 2.22. The summed E-state index contributed by atoms with van der Waals surface area (Å²) in [6.07, 6.45) is 2.97. The summed E-state index contributed by atoms with van der Waals surface area (Å²) in [5, 5.41) is 4.06. The fourth-order valence-electron chi connectivity index (χ4n) is 2.99. The van der Waals surface area contributed by atoms with Crippen molar-refractivity contribution >= 4 is 17.8 Å². The molecule has 0 N–H and O–H groups in total. The number of rotatable bonds is 10. The monoisotopic (exact) mass is 431 g/mol. The van der Waals surface area contributed by atoms with E-state index in [1.165, 1.54) is 20.5 Å². The number of carbonyl (C=O) groups excluding carboxylic acids is 1. The summed E-state index contributed by atoms with van der Waals surface area (Å²) in [6.45, 7) is 0.668. The lowest BCUT2D eigenvalue weighted by Gasteiger charge is -2.10. The molecular weight excluding hydrogens is 406 g/mol. The second kappa shape index (κ2) is 12.0. The van der Waals surface area contributed by atoms with Crippen molar-refractivity contribution in [2.24, 2.45) is 5.16 Å². The predicted octanol–water partition coefficient (Wildman–Crippen LogP) is 4.98. The van der Waals surface area contributed by atoms with Gasteiger partial charge in [0.05, 0.1) is 26.7 Å². The molecule has 0 atom stereocenters. The van der Waals surface area contributed by atoms with Crippen molar-refractivity contribution < 1.29 is 23.8 Å². The highest BCUT2D eigenvalue weighted by molar-refractivity contribution is 6.16. The molecule has 0 unspecified atom stereocenters. The fourth-order valence-corrected chi connectivity index (χ4v) is 2.99. The molecule has 0 aliphatic carbocycles. The Hall–Kier alpha value is -4.06. The van der Waals surface area contributed by atoms with Crippen molar-refractivity contribution in [1.82, 2.24) is 0 Å². The van der Waals surface area contributed by atoms with Crippen LogP contribution in [-0.4, -0.2) is 26.4 Å². The average molecular weight is 431 g/mol. The Labute approximate surface area is 187 Å². The maximum atomic E-state index is 12.1. The van der Waals surface area contributed by atoms with E-state index in [-0.39, 0.29) is 6.61 Å². The molecule has 0 spiro atoms. The van der Waals surface area contributed by atoms with E-state index in [9.17, 15) is 4.79 Å². The summed E-state index contributed by atoms with van der Waals surface area (Å²) >= 11 is 0. The van der Waals surface area contributed by atoms with E-state index in [2.05, 4.69) is 5.16 Å². The number of oxime groups is 1. The topological polar surface area (TPSA) is 66.4 Å². The van der Waals surface area contributed by atoms with Crippen LogP contribution in [0, 0.1) is 0 Å². The van der Waals surface area contributed by atoms with E-state index in [1.807, 2.05) is 72.8 Å². The predicted molar refractivity (Wildman–Crippen MR) is 123 cm³/mol. The molecule has 0 heterocycles. The third-order valence-corrected chi connectivity index (χ3v) is 4.55. The van der Waals surface area contributed by atoms with E-state index in [1.54, 1.807) is 12.3 Å². The number of benzene rings is 3. The van der Waals surface area contributed by atoms with Crippen molar-refractivity contribution in [3.8, 4) is 5.75 Å². The SMILES string of the molecule is COC=C(C(=O)OC)c1ccccc1CON=Cc1cccc(OCc2ccccc2)c1. The maximum Gasteiger partial charge on any atom is 0.341 e. The molecule has 3 rings (SSSR count). The minimum absolute atomic E-state index is 0.176. The molecule has 32 heavy (non-hydrogen) atoms. The van der Waals surface area contributed by atoms with Crippen LogP contribution < -0.4 is 4.74 Å². The lowest BCUT2D eigenvalue weighted by molar-refractivity contribution is -0.133. The molecule has 0 amide bonds. The number of carbonyl (C=O) groups is 1. The van der Waals surface area contributed by atoms with Gasteiger partial charge in [-0.15, -0.1) is 0 Å². The Morgan fingerprint density at radius 1 is 0.906 bits per heavy atom. The van der Waals surface area contributed by atoms with E-state index in [4.69, 9.17) is 19.0 Å². The normalized spacial score (nSPS) is 11.2.